The minimum atomic E-state index is 0.353. The molecular formula is C12H27N3. The summed E-state index contributed by atoms with van der Waals surface area (Å²) in [5.74, 6) is 0.715. The van der Waals surface area contributed by atoms with Crippen molar-refractivity contribution in [2.45, 2.75) is 38.8 Å². The van der Waals surface area contributed by atoms with Crippen molar-refractivity contribution < 1.29 is 0 Å². The van der Waals surface area contributed by atoms with Crippen molar-refractivity contribution in [1.29, 1.82) is 0 Å². The number of hydrogen-bond acceptors (Lipinski definition) is 3. The van der Waals surface area contributed by atoms with E-state index in [0.29, 0.717) is 12.0 Å². The fourth-order valence-electron chi connectivity index (χ4n) is 2.41. The van der Waals surface area contributed by atoms with Crippen LogP contribution in [0.15, 0.2) is 0 Å². The molecule has 3 nitrogen and oxygen atoms in total. The summed E-state index contributed by atoms with van der Waals surface area (Å²) in [5, 5.41) is 0. The van der Waals surface area contributed by atoms with Crippen LogP contribution in [0.5, 0.6) is 0 Å². The highest BCUT2D eigenvalue weighted by molar-refractivity contribution is 4.82. The van der Waals surface area contributed by atoms with E-state index in [9.17, 15) is 0 Å². The van der Waals surface area contributed by atoms with E-state index in [1.54, 1.807) is 0 Å². The Morgan fingerprint density at radius 1 is 1.40 bits per heavy atom. The Balaban J connectivity index is 2.23. The highest BCUT2D eigenvalue weighted by Crippen LogP contribution is 2.14. The molecule has 0 amide bonds. The SMILES string of the molecule is CC(C)CC(N)CN1CCC(N(C)C)C1. The third kappa shape index (κ3) is 4.49. The summed E-state index contributed by atoms with van der Waals surface area (Å²) in [6.45, 7) is 7.97. The molecule has 0 aromatic heterocycles. The van der Waals surface area contributed by atoms with Gasteiger partial charge in [0.25, 0.3) is 0 Å². The number of likely N-dealkylation sites (tertiary alicyclic amines) is 1. The molecule has 2 N–H and O–H groups in total. The summed E-state index contributed by atoms with van der Waals surface area (Å²) < 4.78 is 0. The maximum Gasteiger partial charge on any atom is 0.0229 e. The van der Waals surface area contributed by atoms with Crippen LogP contribution in [0.3, 0.4) is 0 Å². The van der Waals surface area contributed by atoms with Crippen molar-refractivity contribution in [2.24, 2.45) is 11.7 Å². The first kappa shape index (κ1) is 12.9. The minimum absolute atomic E-state index is 0.353. The molecule has 0 radical (unpaired) electrons. The fourth-order valence-corrected chi connectivity index (χ4v) is 2.41. The average Bonchev–Trinajstić information content (AvgIpc) is 2.50. The van der Waals surface area contributed by atoms with Gasteiger partial charge >= 0.3 is 0 Å². The maximum atomic E-state index is 6.12. The second-order valence-electron chi connectivity index (χ2n) is 5.56. The number of likely N-dealkylation sites (N-methyl/N-ethyl adjacent to an activating group) is 1. The summed E-state index contributed by atoms with van der Waals surface area (Å²) in [7, 11) is 4.34. The molecule has 0 saturated carbocycles. The second-order valence-corrected chi connectivity index (χ2v) is 5.56. The molecule has 2 atom stereocenters. The number of hydrogen-bond donors (Lipinski definition) is 1. The summed E-state index contributed by atoms with van der Waals surface area (Å²) >= 11 is 0. The van der Waals surface area contributed by atoms with Gasteiger partial charge in [0.2, 0.25) is 0 Å². The van der Waals surface area contributed by atoms with Gasteiger partial charge in [0, 0.05) is 25.2 Å². The molecule has 0 spiro atoms. The van der Waals surface area contributed by atoms with Crippen LogP contribution in [0, 0.1) is 5.92 Å². The lowest BCUT2D eigenvalue weighted by molar-refractivity contribution is 0.253. The molecule has 0 bridgehead atoms. The molecule has 0 aromatic rings. The van der Waals surface area contributed by atoms with E-state index in [-0.39, 0.29) is 0 Å². The van der Waals surface area contributed by atoms with Gasteiger partial charge in [-0.3, -0.25) is 0 Å². The van der Waals surface area contributed by atoms with Gasteiger partial charge in [0.05, 0.1) is 0 Å². The smallest absolute Gasteiger partial charge is 0.0229 e. The van der Waals surface area contributed by atoms with Gasteiger partial charge in [0.1, 0.15) is 0 Å². The molecule has 2 unspecified atom stereocenters. The lowest BCUT2D eigenvalue weighted by Crippen LogP contribution is -2.39. The van der Waals surface area contributed by atoms with Crippen LogP contribution < -0.4 is 5.73 Å². The van der Waals surface area contributed by atoms with E-state index < -0.39 is 0 Å². The van der Waals surface area contributed by atoms with Crippen molar-refractivity contribution in [3.05, 3.63) is 0 Å². The van der Waals surface area contributed by atoms with Crippen molar-refractivity contribution >= 4 is 0 Å². The van der Waals surface area contributed by atoms with Crippen LogP contribution in [0.25, 0.3) is 0 Å². The monoisotopic (exact) mass is 213 g/mol. The second kappa shape index (κ2) is 5.83. The summed E-state index contributed by atoms with van der Waals surface area (Å²) in [5.41, 5.74) is 6.12. The first-order chi connectivity index (χ1) is 6.99. The summed E-state index contributed by atoms with van der Waals surface area (Å²) in [6.07, 6.45) is 2.44. The van der Waals surface area contributed by atoms with Gasteiger partial charge in [-0.1, -0.05) is 13.8 Å². The van der Waals surface area contributed by atoms with Gasteiger partial charge in [-0.2, -0.15) is 0 Å². The number of nitrogens with two attached hydrogens (primary N) is 1. The molecule has 1 fully saturated rings. The van der Waals surface area contributed by atoms with Crippen molar-refractivity contribution in [3.8, 4) is 0 Å². The lowest BCUT2D eigenvalue weighted by Gasteiger charge is -2.23. The summed E-state index contributed by atoms with van der Waals surface area (Å²) in [6, 6.07) is 1.09. The number of nitrogens with zero attached hydrogens (tertiary/aromatic N) is 2. The maximum absolute atomic E-state index is 6.12. The molecule has 0 aliphatic carbocycles. The topological polar surface area (TPSA) is 32.5 Å². The minimum Gasteiger partial charge on any atom is -0.327 e. The van der Waals surface area contributed by atoms with Gasteiger partial charge in [0.15, 0.2) is 0 Å². The quantitative estimate of drug-likeness (QED) is 0.739. The van der Waals surface area contributed by atoms with Gasteiger partial charge in [-0.05, 0) is 39.4 Å². The molecule has 1 rings (SSSR count). The van der Waals surface area contributed by atoms with Crippen LogP contribution in [0.2, 0.25) is 0 Å². The van der Waals surface area contributed by atoms with E-state index in [1.165, 1.54) is 19.5 Å². The third-order valence-corrected chi connectivity index (χ3v) is 3.24. The Kier molecular flexibility index (Phi) is 5.03. The Morgan fingerprint density at radius 2 is 2.07 bits per heavy atom. The zero-order valence-corrected chi connectivity index (χ0v) is 10.7. The van der Waals surface area contributed by atoms with Crippen LogP contribution in [-0.4, -0.2) is 55.6 Å². The molecule has 0 aromatic carbocycles. The first-order valence-electron chi connectivity index (χ1n) is 6.13. The highest BCUT2D eigenvalue weighted by Gasteiger charge is 2.24. The zero-order chi connectivity index (χ0) is 11.4. The van der Waals surface area contributed by atoms with E-state index in [2.05, 4.69) is 37.7 Å². The van der Waals surface area contributed by atoms with Gasteiger partial charge in [-0.15, -0.1) is 0 Å². The van der Waals surface area contributed by atoms with Crippen molar-refractivity contribution in [2.75, 3.05) is 33.7 Å². The van der Waals surface area contributed by atoms with Crippen LogP contribution in [0.1, 0.15) is 26.7 Å². The normalized spacial score (nSPS) is 25.4. The Hall–Kier alpha value is -0.120. The Morgan fingerprint density at radius 3 is 2.53 bits per heavy atom. The molecular weight excluding hydrogens is 186 g/mol. The lowest BCUT2D eigenvalue weighted by atomic mass is 10.0. The molecule has 3 heteroatoms. The molecule has 1 aliphatic heterocycles. The Labute approximate surface area is 94.6 Å². The van der Waals surface area contributed by atoms with Crippen LogP contribution in [0.4, 0.5) is 0 Å². The predicted octanol–water partition coefficient (Wildman–Crippen LogP) is 0.996. The fraction of sp³-hybridized carbons (Fsp3) is 1.00. The van der Waals surface area contributed by atoms with Crippen LogP contribution >= 0.6 is 0 Å². The van der Waals surface area contributed by atoms with Gasteiger partial charge < -0.3 is 15.5 Å². The van der Waals surface area contributed by atoms with Crippen molar-refractivity contribution in [1.82, 2.24) is 9.80 Å². The molecule has 90 valence electrons. The highest BCUT2D eigenvalue weighted by atomic mass is 15.2. The first-order valence-corrected chi connectivity index (χ1v) is 6.13. The van der Waals surface area contributed by atoms with E-state index in [4.69, 9.17) is 5.73 Å². The standard InChI is InChI=1S/C12H27N3/c1-10(2)7-11(13)8-15-6-5-12(9-15)14(3)4/h10-12H,5-9,13H2,1-4H3. The number of rotatable bonds is 5. The predicted molar refractivity (Wildman–Crippen MR) is 66.0 cm³/mol. The average molecular weight is 213 g/mol. The van der Waals surface area contributed by atoms with Gasteiger partial charge in [-0.25, -0.2) is 0 Å². The summed E-state index contributed by atoms with van der Waals surface area (Å²) in [4.78, 5) is 4.84. The van der Waals surface area contributed by atoms with E-state index in [0.717, 1.165) is 19.0 Å². The zero-order valence-electron chi connectivity index (χ0n) is 10.7. The van der Waals surface area contributed by atoms with Crippen LogP contribution in [-0.2, 0) is 0 Å². The third-order valence-electron chi connectivity index (χ3n) is 3.24. The largest absolute Gasteiger partial charge is 0.327 e. The molecule has 1 heterocycles. The van der Waals surface area contributed by atoms with E-state index in [1.807, 2.05) is 0 Å². The van der Waals surface area contributed by atoms with Crippen molar-refractivity contribution in [3.63, 3.8) is 0 Å². The molecule has 15 heavy (non-hydrogen) atoms. The van der Waals surface area contributed by atoms with E-state index >= 15 is 0 Å². The Bertz CT molecular complexity index is 180. The molecule has 1 saturated heterocycles. The molecule has 1 aliphatic rings.